The van der Waals surface area contributed by atoms with Crippen LogP contribution in [0.25, 0.3) is 0 Å². The number of fused-ring (bicyclic) bond motifs is 1. The standard InChI is InChI=1S/C14H19NO4S/c1-20(16,17)13-9-12-11(18-6-7-19-12)8-10(13)14(15)4-2-3-5-14/h8-9H,2-7,15H2,1H3. The molecule has 0 amide bonds. The van der Waals surface area contributed by atoms with E-state index in [2.05, 4.69) is 0 Å². The molecule has 5 nitrogen and oxygen atoms in total. The summed E-state index contributed by atoms with van der Waals surface area (Å²) in [5, 5.41) is 0. The van der Waals surface area contributed by atoms with Crippen molar-refractivity contribution in [2.45, 2.75) is 36.1 Å². The van der Waals surface area contributed by atoms with E-state index in [4.69, 9.17) is 15.2 Å². The van der Waals surface area contributed by atoms with Crippen molar-refractivity contribution >= 4 is 9.84 Å². The van der Waals surface area contributed by atoms with Crippen LogP contribution in [0.15, 0.2) is 17.0 Å². The molecular formula is C14H19NO4S. The van der Waals surface area contributed by atoms with Crippen molar-refractivity contribution in [3.05, 3.63) is 17.7 Å². The van der Waals surface area contributed by atoms with Crippen LogP contribution in [0.3, 0.4) is 0 Å². The van der Waals surface area contributed by atoms with Gasteiger partial charge in [0.05, 0.1) is 4.90 Å². The van der Waals surface area contributed by atoms with Gasteiger partial charge in [0.15, 0.2) is 21.3 Å². The molecule has 110 valence electrons. The summed E-state index contributed by atoms with van der Waals surface area (Å²) in [4.78, 5) is 0.270. The molecule has 0 saturated heterocycles. The summed E-state index contributed by atoms with van der Waals surface area (Å²) in [6.07, 6.45) is 4.85. The number of ether oxygens (including phenoxy) is 2. The monoisotopic (exact) mass is 297 g/mol. The van der Waals surface area contributed by atoms with E-state index in [1.807, 2.05) is 0 Å². The first-order valence-electron chi connectivity index (χ1n) is 6.83. The highest BCUT2D eigenvalue weighted by Crippen LogP contribution is 2.44. The van der Waals surface area contributed by atoms with Crippen LogP contribution in [0.5, 0.6) is 11.5 Å². The summed E-state index contributed by atoms with van der Waals surface area (Å²) in [7, 11) is -3.36. The van der Waals surface area contributed by atoms with E-state index in [-0.39, 0.29) is 4.90 Å². The second-order valence-corrected chi connectivity index (χ2v) is 7.61. The molecule has 1 aliphatic carbocycles. The molecule has 1 saturated carbocycles. The Morgan fingerprint density at radius 1 is 1.10 bits per heavy atom. The van der Waals surface area contributed by atoms with Gasteiger partial charge in [-0.05, 0) is 24.5 Å². The lowest BCUT2D eigenvalue weighted by Crippen LogP contribution is -2.35. The molecular weight excluding hydrogens is 278 g/mol. The first-order valence-corrected chi connectivity index (χ1v) is 8.72. The third-order valence-electron chi connectivity index (χ3n) is 4.08. The minimum atomic E-state index is -3.36. The largest absolute Gasteiger partial charge is 0.486 e. The summed E-state index contributed by atoms with van der Waals surface area (Å²) < 4.78 is 35.2. The first kappa shape index (κ1) is 13.7. The predicted molar refractivity (Wildman–Crippen MR) is 74.9 cm³/mol. The molecule has 2 aliphatic rings. The fourth-order valence-corrected chi connectivity index (χ4v) is 4.02. The van der Waals surface area contributed by atoms with Crippen LogP contribution < -0.4 is 15.2 Å². The van der Waals surface area contributed by atoms with Crippen molar-refractivity contribution in [3.8, 4) is 11.5 Å². The van der Waals surface area contributed by atoms with Crippen molar-refractivity contribution in [2.75, 3.05) is 19.5 Å². The molecule has 0 spiro atoms. The fourth-order valence-electron chi connectivity index (χ4n) is 3.04. The van der Waals surface area contributed by atoms with Gasteiger partial charge in [0, 0.05) is 17.9 Å². The summed E-state index contributed by atoms with van der Waals surface area (Å²) in [5.41, 5.74) is 6.54. The number of hydrogen-bond acceptors (Lipinski definition) is 5. The highest BCUT2D eigenvalue weighted by molar-refractivity contribution is 7.90. The lowest BCUT2D eigenvalue weighted by molar-refractivity contribution is 0.170. The van der Waals surface area contributed by atoms with Crippen molar-refractivity contribution in [1.82, 2.24) is 0 Å². The SMILES string of the molecule is CS(=O)(=O)c1cc2c(cc1C1(N)CCCC1)OCCO2. The molecule has 0 aromatic heterocycles. The lowest BCUT2D eigenvalue weighted by Gasteiger charge is -2.29. The van der Waals surface area contributed by atoms with Crippen LogP contribution in [0.1, 0.15) is 31.2 Å². The minimum absolute atomic E-state index is 0.270. The Kier molecular flexibility index (Phi) is 3.17. The number of hydrogen-bond donors (Lipinski definition) is 1. The quantitative estimate of drug-likeness (QED) is 0.897. The summed E-state index contributed by atoms with van der Waals surface area (Å²) in [5.74, 6) is 1.08. The number of nitrogens with two attached hydrogens (primary N) is 1. The van der Waals surface area contributed by atoms with E-state index in [1.165, 1.54) is 6.26 Å². The van der Waals surface area contributed by atoms with Crippen LogP contribution >= 0.6 is 0 Å². The lowest BCUT2D eigenvalue weighted by atomic mass is 9.89. The molecule has 1 heterocycles. The average molecular weight is 297 g/mol. The third kappa shape index (κ3) is 2.27. The van der Waals surface area contributed by atoms with Gasteiger partial charge < -0.3 is 15.2 Å². The maximum atomic E-state index is 12.1. The zero-order valence-electron chi connectivity index (χ0n) is 11.5. The third-order valence-corrected chi connectivity index (χ3v) is 5.21. The first-order chi connectivity index (χ1) is 9.40. The van der Waals surface area contributed by atoms with Crippen molar-refractivity contribution in [1.29, 1.82) is 0 Å². The van der Waals surface area contributed by atoms with E-state index in [0.717, 1.165) is 25.7 Å². The van der Waals surface area contributed by atoms with Gasteiger partial charge in [0.1, 0.15) is 13.2 Å². The number of rotatable bonds is 2. The Morgan fingerprint density at radius 2 is 1.65 bits per heavy atom. The summed E-state index contributed by atoms with van der Waals surface area (Å²) >= 11 is 0. The van der Waals surface area contributed by atoms with Crippen molar-refractivity contribution < 1.29 is 17.9 Å². The molecule has 20 heavy (non-hydrogen) atoms. The van der Waals surface area contributed by atoms with Gasteiger partial charge in [0.2, 0.25) is 0 Å². The van der Waals surface area contributed by atoms with Crippen LogP contribution in [-0.2, 0) is 15.4 Å². The normalized spacial score (nSPS) is 20.9. The molecule has 2 N–H and O–H groups in total. The highest BCUT2D eigenvalue weighted by atomic mass is 32.2. The van der Waals surface area contributed by atoms with Gasteiger partial charge in [-0.15, -0.1) is 0 Å². The van der Waals surface area contributed by atoms with Crippen LogP contribution in [-0.4, -0.2) is 27.9 Å². The molecule has 6 heteroatoms. The Labute approximate surface area is 119 Å². The maximum Gasteiger partial charge on any atom is 0.176 e. The van der Waals surface area contributed by atoms with E-state index >= 15 is 0 Å². The second kappa shape index (κ2) is 4.63. The van der Waals surface area contributed by atoms with Gasteiger partial charge in [-0.1, -0.05) is 12.8 Å². The van der Waals surface area contributed by atoms with Crippen LogP contribution in [0, 0.1) is 0 Å². The van der Waals surface area contributed by atoms with Gasteiger partial charge in [-0.25, -0.2) is 8.42 Å². The van der Waals surface area contributed by atoms with Crippen molar-refractivity contribution in [2.24, 2.45) is 5.73 Å². The van der Waals surface area contributed by atoms with Gasteiger partial charge in [0.25, 0.3) is 0 Å². The average Bonchev–Trinajstić information content (AvgIpc) is 2.84. The zero-order valence-corrected chi connectivity index (χ0v) is 12.3. The van der Waals surface area contributed by atoms with Gasteiger partial charge >= 0.3 is 0 Å². The summed E-state index contributed by atoms with van der Waals surface area (Å²) in [6.45, 7) is 0.908. The molecule has 3 rings (SSSR count). The highest BCUT2D eigenvalue weighted by Gasteiger charge is 2.36. The Morgan fingerprint density at radius 3 is 2.20 bits per heavy atom. The Hall–Kier alpha value is -1.27. The molecule has 1 aromatic carbocycles. The fraction of sp³-hybridized carbons (Fsp3) is 0.571. The van der Waals surface area contributed by atoms with Gasteiger partial charge in [-0.2, -0.15) is 0 Å². The number of benzene rings is 1. The van der Waals surface area contributed by atoms with E-state index in [9.17, 15) is 8.42 Å². The van der Waals surface area contributed by atoms with E-state index in [1.54, 1.807) is 12.1 Å². The van der Waals surface area contributed by atoms with E-state index in [0.29, 0.717) is 30.3 Å². The Bertz CT molecular complexity index is 633. The molecule has 1 aromatic rings. The van der Waals surface area contributed by atoms with Gasteiger partial charge in [-0.3, -0.25) is 0 Å². The topological polar surface area (TPSA) is 78.6 Å². The smallest absolute Gasteiger partial charge is 0.176 e. The number of sulfone groups is 1. The zero-order chi connectivity index (χ0) is 14.4. The molecule has 1 aliphatic heterocycles. The van der Waals surface area contributed by atoms with E-state index < -0.39 is 15.4 Å². The van der Waals surface area contributed by atoms with Crippen LogP contribution in [0.2, 0.25) is 0 Å². The molecule has 1 fully saturated rings. The maximum absolute atomic E-state index is 12.1. The Balaban J connectivity index is 2.20. The van der Waals surface area contributed by atoms with Crippen molar-refractivity contribution in [3.63, 3.8) is 0 Å². The molecule has 0 bridgehead atoms. The molecule has 0 atom stereocenters. The molecule has 0 unspecified atom stereocenters. The summed E-state index contributed by atoms with van der Waals surface area (Å²) in [6, 6.07) is 3.32. The second-order valence-electron chi connectivity index (χ2n) is 5.63. The predicted octanol–water partition coefficient (Wildman–Crippen LogP) is 1.59. The minimum Gasteiger partial charge on any atom is -0.486 e. The van der Waals surface area contributed by atoms with Crippen LogP contribution in [0.4, 0.5) is 0 Å². The molecule has 0 radical (unpaired) electrons.